The van der Waals surface area contributed by atoms with E-state index in [2.05, 4.69) is 13.8 Å². The highest BCUT2D eigenvalue weighted by molar-refractivity contribution is 5.49. The summed E-state index contributed by atoms with van der Waals surface area (Å²) >= 11 is 0. The smallest absolute Gasteiger partial charge is 0.125 e. The van der Waals surface area contributed by atoms with Gasteiger partial charge in [0, 0.05) is 17.5 Å². The molecule has 2 unspecified atom stereocenters. The third-order valence-electron chi connectivity index (χ3n) is 4.19. The van der Waals surface area contributed by atoms with Gasteiger partial charge in [-0.1, -0.05) is 39.0 Å². The zero-order valence-corrected chi connectivity index (χ0v) is 13.5. The molecule has 0 aliphatic carbocycles. The number of benzene rings is 1. The molecule has 1 aromatic rings. The molecule has 21 heavy (non-hydrogen) atoms. The van der Waals surface area contributed by atoms with Crippen molar-refractivity contribution in [3.05, 3.63) is 23.3 Å². The van der Waals surface area contributed by atoms with E-state index in [4.69, 9.17) is 9.47 Å². The number of methoxy groups -OCH3 is 1. The van der Waals surface area contributed by atoms with Gasteiger partial charge in [0.1, 0.15) is 17.6 Å². The molecule has 0 aromatic heterocycles. The Bertz CT molecular complexity index is 456. The van der Waals surface area contributed by atoms with E-state index in [1.54, 1.807) is 7.11 Å². The number of hydrogen-bond donors (Lipinski definition) is 1. The van der Waals surface area contributed by atoms with Crippen LogP contribution in [0.25, 0.3) is 0 Å². The summed E-state index contributed by atoms with van der Waals surface area (Å²) in [7, 11) is 1.67. The van der Waals surface area contributed by atoms with Gasteiger partial charge in [-0.25, -0.2) is 0 Å². The van der Waals surface area contributed by atoms with Crippen LogP contribution in [0.2, 0.25) is 0 Å². The van der Waals surface area contributed by atoms with Gasteiger partial charge < -0.3 is 14.6 Å². The first-order valence-corrected chi connectivity index (χ1v) is 8.21. The van der Waals surface area contributed by atoms with Crippen LogP contribution in [0.3, 0.4) is 0 Å². The summed E-state index contributed by atoms with van der Waals surface area (Å²) in [6, 6.07) is 3.99. The summed E-state index contributed by atoms with van der Waals surface area (Å²) in [5.41, 5.74) is 2.04. The summed E-state index contributed by atoms with van der Waals surface area (Å²) < 4.78 is 11.2. The Kier molecular flexibility index (Phi) is 5.92. The normalized spacial score (nSPS) is 18.2. The second-order valence-electron chi connectivity index (χ2n) is 6.05. The van der Waals surface area contributed by atoms with Crippen molar-refractivity contribution in [3.63, 3.8) is 0 Å². The van der Waals surface area contributed by atoms with Crippen molar-refractivity contribution in [2.45, 2.75) is 71.0 Å². The van der Waals surface area contributed by atoms with Crippen molar-refractivity contribution < 1.29 is 14.6 Å². The highest BCUT2D eigenvalue weighted by Crippen LogP contribution is 2.38. The molecule has 2 rings (SSSR count). The Labute approximate surface area is 128 Å². The molecule has 118 valence electrons. The predicted molar refractivity (Wildman–Crippen MR) is 85.1 cm³/mol. The molecule has 0 radical (unpaired) electrons. The number of unbranched alkanes of at least 4 members (excludes halogenated alkanes) is 4. The van der Waals surface area contributed by atoms with Gasteiger partial charge in [-0.3, -0.25) is 0 Å². The van der Waals surface area contributed by atoms with Crippen LogP contribution < -0.4 is 9.47 Å². The van der Waals surface area contributed by atoms with E-state index in [9.17, 15) is 5.11 Å². The number of ether oxygens (including phenoxy) is 2. The van der Waals surface area contributed by atoms with Crippen LogP contribution in [0.15, 0.2) is 12.1 Å². The van der Waals surface area contributed by atoms with Crippen molar-refractivity contribution in [3.8, 4) is 11.5 Å². The minimum atomic E-state index is -0.466. The molecule has 0 saturated carbocycles. The monoisotopic (exact) mass is 292 g/mol. The molecule has 3 nitrogen and oxygen atoms in total. The van der Waals surface area contributed by atoms with Gasteiger partial charge in [-0.2, -0.15) is 0 Å². The maximum Gasteiger partial charge on any atom is 0.125 e. The summed E-state index contributed by atoms with van der Waals surface area (Å²) in [6.45, 7) is 4.28. The quantitative estimate of drug-likeness (QED) is 0.721. The van der Waals surface area contributed by atoms with Crippen LogP contribution in [-0.4, -0.2) is 18.3 Å². The molecular weight excluding hydrogens is 264 g/mol. The third-order valence-corrected chi connectivity index (χ3v) is 4.19. The lowest BCUT2D eigenvalue weighted by atomic mass is 9.99. The molecular formula is C18H28O3. The van der Waals surface area contributed by atoms with E-state index < -0.39 is 6.10 Å². The van der Waals surface area contributed by atoms with Crippen molar-refractivity contribution in [2.24, 2.45) is 0 Å². The molecule has 0 fully saturated rings. The minimum Gasteiger partial charge on any atom is -0.496 e. The molecule has 0 amide bonds. The molecule has 0 bridgehead atoms. The Hall–Kier alpha value is -1.22. The van der Waals surface area contributed by atoms with Crippen LogP contribution in [-0.2, 0) is 6.42 Å². The highest BCUT2D eigenvalue weighted by atomic mass is 16.5. The van der Waals surface area contributed by atoms with E-state index in [0.717, 1.165) is 36.3 Å². The third kappa shape index (κ3) is 4.13. The molecule has 1 N–H and O–H groups in total. The van der Waals surface area contributed by atoms with Gasteiger partial charge in [0.15, 0.2) is 0 Å². The van der Waals surface area contributed by atoms with E-state index in [1.807, 2.05) is 12.1 Å². The highest BCUT2D eigenvalue weighted by Gasteiger charge is 2.23. The Morgan fingerprint density at radius 3 is 2.76 bits per heavy atom. The topological polar surface area (TPSA) is 38.7 Å². The number of rotatable bonds is 8. The maximum absolute atomic E-state index is 10.5. The second-order valence-corrected chi connectivity index (χ2v) is 6.05. The lowest BCUT2D eigenvalue weighted by Crippen LogP contribution is -2.05. The number of hydrogen-bond acceptors (Lipinski definition) is 3. The first-order chi connectivity index (χ1) is 10.2. The first-order valence-electron chi connectivity index (χ1n) is 8.21. The average molecular weight is 292 g/mol. The molecule has 0 saturated heterocycles. The van der Waals surface area contributed by atoms with Crippen LogP contribution in [0.4, 0.5) is 0 Å². The van der Waals surface area contributed by atoms with E-state index in [-0.39, 0.29) is 6.10 Å². The zero-order valence-electron chi connectivity index (χ0n) is 13.5. The Balaban J connectivity index is 1.99. The molecule has 1 aliphatic rings. The van der Waals surface area contributed by atoms with Crippen LogP contribution >= 0.6 is 0 Å². The molecule has 1 heterocycles. The minimum absolute atomic E-state index is 0.214. The average Bonchev–Trinajstić information content (AvgIpc) is 2.84. The van der Waals surface area contributed by atoms with Crippen molar-refractivity contribution in [2.75, 3.05) is 7.11 Å². The molecule has 3 heteroatoms. The molecule has 1 aliphatic heterocycles. The molecule has 1 aromatic carbocycles. The van der Waals surface area contributed by atoms with Gasteiger partial charge in [0.05, 0.1) is 13.2 Å². The maximum atomic E-state index is 10.5. The van der Waals surface area contributed by atoms with Gasteiger partial charge >= 0.3 is 0 Å². The fraction of sp³-hybridized carbons (Fsp3) is 0.667. The lowest BCUT2D eigenvalue weighted by Gasteiger charge is -2.16. The van der Waals surface area contributed by atoms with E-state index >= 15 is 0 Å². The largest absolute Gasteiger partial charge is 0.496 e. The first kappa shape index (κ1) is 16.2. The fourth-order valence-corrected chi connectivity index (χ4v) is 2.99. The van der Waals surface area contributed by atoms with Gasteiger partial charge in [-0.05, 0) is 25.5 Å². The summed E-state index contributed by atoms with van der Waals surface area (Å²) in [4.78, 5) is 0. The van der Waals surface area contributed by atoms with Crippen molar-refractivity contribution >= 4 is 0 Å². The summed E-state index contributed by atoms with van der Waals surface area (Å²) in [6.07, 6.45) is 7.47. The van der Waals surface area contributed by atoms with Crippen LogP contribution in [0.1, 0.15) is 69.6 Å². The van der Waals surface area contributed by atoms with Gasteiger partial charge in [0.25, 0.3) is 0 Å². The van der Waals surface area contributed by atoms with Gasteiger partial charge in [-0.15, -0.1) is 0 Å². The zero-order chi connectivity index (χ0) is 15.2. The Morgan fingerprint density at radius 2 is 2.05 bits per heavy atom. The molecule has 2 atom stereocenters. The second kappa shape index (κ2) is 7.69. The standard InChI is InChI=1S/C18H28O3/c1-4-5-6-7-8-9-16(19)15-12-17-14(10-13(2)21-17)11-18(15)20-3/h11-13,16,19H,4-10H2,1-3H3. The fourth-order valence-electron chi connectivity index (χ4n) is 2.99. The van der Waals surface area contributed by atoms with Crippen LogP contribution in [0, 0.1) is 0 Å². The molecule has 0 spiro atoms. The summed E-state index contributed by atoms with van der Waals surface area (Å²) in [5.74, 6) is 1.69. The summed E-state index contributed by atoms with van der Waals surface area (Å²) in [5, 5.41) is 10.5. The van der Waals surface area contributed by atoms with Crippen LogP contribution in [0.5, 0.6) is 11.5 Å². The van der Waals surface area contributed by atoms with E-state index in [1.165, 1.54) is 31.2 Å². The predicted octanol–water partition coefficient (Wildman–Crippen LogP) is 4.41. The number of fused-ring (bicyclic) bond motifs is 1. The SMILES string of the molecule is CCCCCCCC(O)c1cc2c(cc1OC)CC(C)O2. The lowest BCUT2D eigenvalue weighted by molar-refractivity contribution is 0.158. The van der Waals surface area contributed by atoms with E-state index in [0.29, 0.717) is 0 Å². The van der Waals surface area contributed by atoms with Crippen molar-refractivity contribution in [1.82, 2.24) is 0 Å². The van der Waals surface area contributed by atoms with Crippen molar-refractivity contribution in [1.29, 1.82) is 0 Å². The number of aliphatic hydroxyl groups excluding tert-OH is 1. The Morgan fingerprint density at radius 1 is 1.29 bits per heavy atom. The van der Waals surface area contributed by atoms with Gasteiger partial charge in [0.2, 0.25) is 0 Å². The number of aliphatic hydroxyl groups is 1.